The number of nitrogens with zero attached hydrogens (tertiary/aromatic N) is 3. The van der Waals surface area contributed by atoms with E-state index in [-0.39, 0.29) is 18.1 Å². The van der Waals surface area contributed by atoms with Gasteiger partial charge >= 0.3 is 6.03 Å². The van der Waals surface area contributed by atoms with Crippen LogP contribution in [0.2, 0.25) is 0 Å². The maximum Gasteiger partial charge on any atom is 0.317 e. The topological polar surface area (TPSA) is 70.4 Å². The number of hydrogen-bond donors (Lipinski definition) is 2. The number of amides is 2. The van der Waals surface area contributed by atoms with Crippen LogP contribution in [-0.2, 0) is 13.6 Å². The summed E-state index contributed by atoms with van der Waals surface area (Å²) in [7, 11) is 1.85. The Hall–Kier alpha value is -1.56. The van der Waals surface area contributed by atoms with Gasteiger partial charge in [0.1, 0.15) is 0 Å². The normalized spacial score (nSPS) is 11.4. The summed E-state index contributed by atoms with van der Waals surface area (Å²) < 4.78 is 1.71. The highest BCUT2D eigenvalue weighted by molar-refractivity contribution is 5.74. The first-order valence-electron chi connectivity index (χ1n) is 6.93. The maximum atomic E-state index is 12.2. The van der Waals surface area contributed by atoms with E-state index in [1.807, 2.05) is 13.2 Å². The summed E-state index contributed by atoms with van der Waals surface area (Å²) in [4.78, 5) is 14.0. The van der Waals surface area contributed by atoms with Crippen LogP contribution in [0.5, 0.6) is 0 Å². The molecule has 0 bridgehead atoms. The monoisotopic (exact) mass is 282 g/mol. The molecule has 0 aliphatic heterocycles. The summed E-state index contributed by atoms with van der Waals surface area (Å²) in [6.07, 6.45) is 4.21. The second-order valence-corrected chi connectivity index (χ2v) is 6.24. The fourth-order valence-electron chi connectivity index (χ4n) is 1.94. The van der Waals surface area contributed by atoms with Crippen LogP contribution in [-0.4, -0.2) is 45.5 Å². The third-order valence-corrected chi connectivity index (χ3v) is 2.74. The minimum atomic E-state index is -0.0998. The molecule has 1 heterocycles. The van der Waals surface area contributed by atoms with E-state index < -0.39 is 0 Å². The summed E-state index contributed by atoms with van der Waals surface area (Å²) >= 11 is 0. The molecular weight excluding hydrogens is 256 g/mol. The number of rotatable bonds is 6. The highest BCUT2D eigenvalue weighted by atomic mass is 16.3. The number of aliphatic hydroxyl groups excluding tert-OH is 1. The number of nitrogens with one attached hydrogen (secondary N) is 1. The molecule has 0 saturated carbocycles. The summed E-state index contributed by atoms with van der Waals surface area (Å²) in [5, 5.41) is 15.9. The lowest BCUT2D eigenvalue weighted by Crippen LogP contribution is -2.44. The van der Waals surface area contributed by atoms with Crippen LogP contribution in [0.4, 0.5) is 4.79 Å². The van der Waals surface area contributed by atoms with Gasteiger partial charge in [-0.2, -0.15) is 5.10 Å². The van der Waals surface area contributed by atoms with E-state index in [1.165, 1.54) is 0 Å². The quantitative estimate of drug-likeness (QED) is 0.827. The van der Waals surface area contributed by atoms with Crippen molar-refractivity contribution in [2.45, 2.75) is 33.7 Å². The number of aryl methyl sites for hydroxylation is 1. The van der Waals surface area contributed by atoms with Crippen LogP contribution in [0.1, 0.15) is 32.8 Å². The van der Waals surface area contributed by atoms with Crippen LogP contribution in [0.15, 0.2) is 12.4 Å². The molecule has 1 aromatic heterocycles. The van der Waals surface area contributed by atoms with Crippen molar-refractivity contribution in [1.82, 2.24) is 20.0 Å². The van der Waals surface area contributed by atoms with Crippen molar-refractivity contribution in [3.05, 3.63) is 18.0 Å². The predicted octanol–water partition coefficient (Wildman–Crippen LogP) is 1.36. The van der Waals surface area contributed by atoms with Gasteiger partial charge in [-0.1, -0.05) is 20.8 Å². The molecule has 1 rings (SSSR count). The number of urea groups is 1. The molecule has 0 spiro atoms. The molecule has 0 saturated heterocycles. The fraction of sp³-hybridized carbons (Fsp3) is 0.714. The smallest absolute Gasteiger partial charge is 0.317 e. The van der Waals surface area contributed by atoms with Crippen molar-refractivity contribution in [3.63, 3.8) is 0 Å². The van der Waals surface area contributed by atoms with Gasteiger partial charge in [0.2, 0.25) is 0 Å². The average Bonchev–Trinajstić information content (AvgIpc) is 2.76. The van der Waals surface area contributed by atoms with Gasteiger partial charge in [0.05, 0.1) is 6.20 Å². The van der Waals surface area contributed by atoms with E-state index in [0.29, 0.717) is 26.1 Å². The molecule has 2 amide bonds. The van der Waals surface area contributed by atoms with Gasteiger partial charge in [-0.05, 0) is 11.8 Å². The van der Waals surface area contributed by atoms with Crippen molar-refractivity contribution in [2.75, 3.05) is 19.7 Å². The summed E-state index contributed by atoms with van der Waals surface area (Å²) in [6.45, 7) is 8.05. The molecule has 114 valence electrons. The molecule has 20 heavy (non-hydrogen) atoms. The van der Waals surface area contributed by atoms with Gasteiger partial charge in [0.15, 0.2) is 0 Å². The van der Waals surface area contributed by atoms with E-state index in [4.69, 9.17) is 5.11 Å². The number of carbonyl (C=O) groups is 1. The first-order valence-corrected chi connectivity index (χ1v) is 6.93. The van der Waals surface area contributed by atoms with Gasteiger partial charge in [0.25, 0.3) is 0 Å². The molecule has 0 atom stereocenters. The molecule has 0 radical (unpaired) electrons. The Morgan fingerprint density at radius 2 is 2.20 bits per heavy atom. The zero-order chi connectivity index (χ0) is 15.2. The van der Waals surface area contributed by atoms with Gasteiger partial charge in [-0.25, -0.2) is 4.79 Å². The minimum absolute atomic E-state index is 0.0289. The highest BCUT2D eigenvalue weighted by Gasteiger charge is 2.20. The highest BCUT2D eigenvalue weighted by Crippen LogP contribution is 2.15. The SMILES string of the molecule is Cn1cc(CNC(=O)N(CCCO)CC(C)(C)C)cn1. The molecule has 6 nitrogen and oxygen atoms in total. The lowest BCUT2D eigenvalue weighted by molar-refractivity contribution is 0.164. The zero-order valence-corrected chi connectivity index (χ0v) is 12.9. The largest absolute Gasteiger partial charge is 0.396 e. The van der Waals surface area contributed by atoms with Crippen molar-refractivity contribution in [3.8, 4) is 0 Å². The lowest BCUT2D eigenvalue weighted by Gasteiger charge is -2.30. The van der Waals surface area contributed by atoms with Crippen LogP contribution < -0.4 is 5.32 Å². The second kappa shape index (κ2) is 7.28. The number of aliphatic hydroxyl groups is 1. The number of carbonyl (C=O) groups excluding carboxylic acids is 1. The average molecular weight is 282 g/mol. The summed E-state index contributed by atoms with van der Waals surface area (Å²) in [5.74, 6) is 0. The van der Waals surface area contributed by atoms with E-state index >= 15 is 0 Å². The summed E-state index contributed by atoms with van der Waals surface area (Å²) in [6, 6.07) is -0.0998. The van der Waals surface area contributed by atoms with E-state index in [0.717, 1.165) is 5.56 Å². The van der Waals surface area contributed by atoms with Gasteiger partial charge in [-0.3, -0.25) is 4.68 Å². The Morgan fingerprint density at radius 3 is 2.70 bits per heavy atom. The molecule has 2 N–H and O–H groups in total. The van der Waals surface area contributed by atoms with E-state index in [2.05, 4.69) is 31.2 Å². The maximum absolute atomic E-state index is 12.2. The summed E-state index contributed by atoms with van der Waals surface area (Å²) in [5.41, 5.74) is 1.000. The molecule has 6 heteroatoms. The Labute approximate surface area is 120 Å². The van der Waals surface area contributed by atoms with Crippen LogP contribution in [0.3, 0.4) is 0 Å². The Balaban J connectivity index is 2.53. The van der Waals surface area contributed by atoms with Crippen molar-refractivity contribution in [2.24, 2.45) is 12.5 Å². The van der Waals surface area contributed by atoms with Crippen molar-refractivity contribution >= 4 is 6.03 Å². The fourth-order valence-corrected chi connectivity index (χ4v) is 1.94. The van der Waals surface area contributed by atoms with Gasteiger partial charge in [-0.15, -0.1) is 0 Å². The predicted molar refractivity (Wildman–Crippen MR) is 78.2 cm³/mol. The lowest BCUT2D eigenvalue weighted by atomic mass is 9.96. The van der Waals surface area contributed by atoms with Crippen LogP contribution >= 0.6 is 0 Å². The van der Waals surface area contributed by atoms with E-state index in [9.17, 15) is 4.79 Å². The van der Waals surface area contributed by atoms with Crippen LogP contribution in [0.25, 0.3) is 0 Å². The van der Waals surface area contributed by atoms with E-state index in [1.54, 1.807) is 15.8 Å². The molecule has 0 aliphatic rings. The van der Waals surface area contributed by atoms with Crippen LogP contribution in [0, 0.1) is 5.41 Å². The Bertz CT molecular complexity index is 423. The standard InChI is InChI=1S/C14H26N4O2/c1-14(2,3)11-18(6-5-7-19)13(20)15-8-12-9-16-17(4)10-12/h9-10,19H,5-8,11H2,1-4H3,(H,15,20). The van der Waals surface area contributed by atoms with Crippen molar-refractivity contribution < 1.29 is 9.90 Å². The van der Waals surface area contributed by atoms with Gasteiger partial charge in [0, 0.05) is 45.0 Å². The third kappa shape index (κ3) is 6.06. The molecule has 0 aliphatic carbocycles. The first kappa shape index (κ1) is 16.5. The Morgan fingerprint density at radius 1 is 1.50 bits per heavy atom. The second-order valence-electron chi connectivity index (χ2n) is 6.24. The number of hydrogen-bond acceptors (Lipinski definition) is 3. The zero-order valence-electron chi connectivity index (χ0n) is 12.9. The molecular formula is C14H26N4O2. The minimum Gasteiger partial charge on any atom is -0.396 e. The molecule has 0 aromatic carbocycles. The number of aromatic nitrogens is 2. The molecule has 0 fully saturated rings. The first-order chi connectivity index (χ1) is 9.31. The molecule has 0 unspecified atom stereocenters. The molecule has 1 aromatic rings. The van der Waals surface area contributed by atoms with Crippen molar-refractivity contribution in [1.29, 1.82) is 0 Å². The van der Waals surface area contributed by atoms with Gasteiger partial charge < -0.3 is 15.3 Å². The Kier molecular flexibility index (Phi) is 6.01. The third-order valence-electron chi connectivity index (χ3n) is 2.74.